The number of hydrogen-bond acceptors (Lipinski definition) is 5. The predicted molar refractivity (Wildman–Crippen MR) is 129 cm³/mol. The van der Waals surface area contributed by atoms with Crippen LogP contribution < -0.4 is 14.8 Å². The number of aryl methyl sites for hydroxylation is 1. The molecular weight excluding hydrogens is 428 g/mol. The quantitative estimate of drug-likeness (QED) is 0.363. The molecule has 174 valence electrons. The Morgan fingerprint density at radius 3 is 2.32 bits per heavy atom. The molecule has 7 heteroatoms. The summed E-state index contributed by atoms with van der Waals surface area (Å²) in [6, 6.07) is 25.4. The normalized spacial score (nSPS) is 11.6. The number of methoxy groups -OCH3 is 1. The largest absolute Gasteiger partial charge is 0.493 e. The molecular formula is C27H28N4O3. The predicted octanol–water partition coefficient (Wildman–Crippen LogP) is 4.36. The van der Waals surface area contributed by atoms with E-state index in [9.17, 15) is 4.79 Å². The lowest BCUT2D eigenvalue weighted by Crippen LogP contribution is -2.32. The Kier molecular flexibility index (Phi) is 7.90. The van der Waals surface area contributed by atoms with Crippen molar-refractivity contribution < 1.29 is 14.3 Å². The number of aromatic nitrogens is 3. The van der Waals surface area contributed by atoms with Crippen molar-refractivity contribution in [1.82, 2.24) is 20.3 Å². The van der Waals surface area contributed by atoms with Crippen LogP contribution in [0.15, 0.2) is 91.3 Å². The molecule has 4 rings (SSSR count). The molecule has 0 bridgehead atoms. The van der Waals surface area contributed by atoms with Crippen LogP contribution in [-0.4, -0.2) is 28.0 Å². The third-order valence-corrected chi connectivity index (χ3v) is 5.46. The topological polar surface area (TPSA) is 78.3 Å². The first-order valence-electron chi connectivity index (χ1n) is 11.2. The van der Waals surface area contributed by atoms with Gasteiger partial charge in [-0.1, -0.05) is 66.7 Å². The van der Waals surface area contributed by atoms with E-state index in [1.807, 2.05) is 78.9 Å². The zero-order valence-electron chi connectivity index (χ0n) is 19.1. The average Bonchev–Trinajstić information content (AvgIpc) is 3.40. The summed E-state index contributed by atoms with van der Waals surface area (Å²) in [5.41, 5.74) is 3.09. The highest BCUT2D eigenvalue weighted by Crippen LogP contribution is 2.29. The Labute approximate surface area is 199 Å². The molecule has 0 saturated carbocycles. The van der Waals surface area contributed by atoms with Gasteiger partial charge in [0.1, 0.15) is 6.61 Å². The molecule has 4 aromatic rings. The Morgan fingerprint density at radius 2 is 1.62 bits per heavy atom. The van der Waals surface area contributed by atoms with Gasteiger partial charge in [0.2, 0.25) is 5.91 Å². The first kappa shape index (κ1) is 23.0. The fourth-order valence-electron chi connectivity index (χ4n) is 3.67. The molecule has 7 nitrogen and oxygen atoms in total. The summed E-state index contributed by atoms with van der Waals surface area (Å²) in [7, 11) is 1.62. The lowest BCUT2D eigenvalue weighted by atomic mass is 10.1. The molecule has 0 radical (unpaired) electrons. The fourth-order valence-corrected chi connectivity index (χ4v) is 3.67. The van der Waals surface area contributed by atoms with Crippen molar-refractivity contribution >= 4 is 5.91 Å². The number of amides is 1. The fraction of sp³-hybridized carbons (Fsp3) is 0.222. The molecule has 0 fully saturated rings. The number of nitrogens with zero attached hydrogens (tertiary/aromatic N) is 3. The van der Waals surface area contributed by atoms with Gasteiger partial charge in [0.15, 0.2) is 11.5 Å². The van der Waals surface area contributed by atoms with E-state index in [1.54, 1.807) is 24.3 Å². The van der Waals surface area contributed by atoms with Crippen LogP contribution in [0.2, 0.25) is 0 Å². The van der Waals surface area contributed by atoms with Crippen LogP contribution >= 0.6 is 0 Å². The molecule has 0 aliphatic heterocycles. The summed E-state index contributed by atoms with van der Waals surface area (Å²) in [5.74, 6) is 1.29. The first-order valence-corrected chi connectivity index (χ1v) is 11.2. The molecule has 1 heterocycles. The van der Waals surface area contributed by atoms with Gasteiger partial charge in [-0.15, -0.1) is 0 Å². The Hall–Kier alpha value is -4.13. The monoisotopic (exact) mass is 456 g/mol. The smallest absolute Gasteiger partial charge is 0.220 e. The SMILES string of the molecule is COc1ccc(CCC(=O)NC(Cn2nccn2)c2ccccc2)cc1OCc1ccccc1. The summed E-state index contributed by atoms with van der Waals surface area (Å²) in [6.45, 7) is 0.907. The lowest BCUT2D eigenvalue weighted by molar-refractivity contribution is -0.121. The van der Waals surface area contributed by atoms with Gasteiger partial charge in [0.25, 0.3) is 0 Å². The minimum absolute atomic E-state index is 0.0384. The molecule has 0 saturated heterocycles. The van der Waals surface area contributed by atoms with E-state index in [-0.39, 0.29) is 11.9 Å². The molecule has 1 N–H and O–H groups in total. The van der Waals surface area contributed by atoms with Crippen molar-refractivity contribution in [3.8, 4) is 11.5 Å². The zero-order valence-corrected chi connectivity index (χ0v) is 19.1. The maximum absolute atomic E-state index is 12.8. The van der Waals surface area contributed by atoms with Crippen LogP contribution in [0.5, 0.6) is 11.5 Å². The number of nitrogens with one attached hydrogen (secondary N) is 1. The molecule has 1 aromatic heterocycles. The van der Waals surface area contributed by atoms with Gasteiger partial charge >= 0.3 is 0 Å². The van der Waals surface area contributed by atoms with Crippen LogP contribution in [0.3, 0.4) is 0 Å². The lowest BCUT2D eigenvalue weighted by Gasteiger charge is -2.19. The van der Waals surface area contributed by atoms with Crippen LogP contribution in [0.4, 0.5) is 0 Å². The van der Waals surface area contributed by atoms with E-state index in [1.165, 1.54) is 0 Å². The highest BCUT2D eigenvalue weighted by Gasteiger charge is 2.16. The van der Waals surface area contributed by atoms with Gasteiger partial charge < -0.3 is 14.8 Å². The van der Waals surface area contributed by atoms with Crippen molar-refractivity contribution in [1.29, 1.82) is 0 Å². The van der Waals surface area contributed by atoms with Gasteiger partial charge in [-0.3, -0.25) is 4.79 Å². The zero-order chi connectivity index (χ0) is 23.6. The molecule has 1 atom stereocenters. The average molecular weight is 457 g/mol. The molecule has 0 aliphatic carbocycles. The summed E-state index contributed by atoms with van der Waals surface area (Å²) < 4.78 is 11.4. The minimum Gasteiger partial charge on any atom is -0.493 e. The van der Waals surface area contributed by atoms with Crippen molar-refractivity contribution in [3.63, 3.8) is 0 Å². The van der Waals surface area contributed by atoms with E-state index in [0.717, 1.165) is 16.7 Å². The van der Waals surface area contributed by atoms with E-state index < -0.39 is 0 Å². The number of carbonyl (C=O) groups excluding carboxylic acids is 1. The van der Waals surface area contributed by atoms with Crippen LogP contribution in [0.1, 0.15) is 29.2 Å². The second-order valence-corrected chi connectivity index (χ2v) is 7.87. The Balaban J connectivity index is 1.38. The van der Waals surface area contributed by atoms with Crippen molar-refractivity contribution in [2.75, 3.05) is 7.11 Å². The molecule has 1 unspecified atom stereocenters. The number of ether oxygens (including phenoxy) is 2. The van der Waals surface area contributed by atoms with E-state index in [2.05, 4.69) is 15.5 Å². The maximum Gasteiger partial charge on any atom is 0.220 e. The van der Waals surface area contributed by atoms with E-state index >= 15 is 0 Å². The standard InChI is InChI=1S/C27H28N4O3/c1-33-25-14-12-21(18-26(25)34-20-22-8-4-2-5-9-22)13-15-27(32)30-24(19-31-28-16-17-29-31)23-10-6-3-7-11-23/h2-12,14,16-18,24H,13,15,19-20H2,1H3,(H,30,32). The highest BCUT2D eigenvalue weighted by molar-refractivity contribution is 5.76. The second kappa shape index (κ2) is 11.7. The first-order chi connectivity index (χ1) is 16.7. The third-order valence-electron chi connectivity index (χ3n) is 5.46. The summed E-state index contributed by atoms with van der Waals surface area (Å²) in [5, 5.41) is 11.5. The third kappa shape index (κ3) is 6.45. The minimum atomic E-state index is -0.221. The molecule has 0 aliphatic rings. The van der Waals surface area contributed by atoms with E-state index in [0.29, 0.717) is 37.5 Å². The Morgan fingerprint density at radius 1 is 0.912 bits per heavy atom. The number of rotatable bonds is 11. The Bertz CT molecular complexity index is 1170. The number of benzene rings is 3. The summed E-state index contributed by atoms with van der Waals surface area (Å²) in [4.78, 5) is 14.4. The van der Waals surface area contributed by atoms with Gasteiger partial charge in [-0.05, 0) is 35.2 Å². The van der Waals surface area contributed by atoms with Crippen molar-refractivity contribution in [2.24, 2.45) is 0 Å². The van der Waals surface area contributed by atoms with Crippen LogP contribution in [0.25, 0.3) is 0 Å². The maximum atomic E-state index is 12.8. The van der Waals surface area contributed by atoms with Gasteiger partial charge in [0, 0.05) is 6.42 Å². The highest BCUT2D eigenvalue weighted by atomic mass is 16.5. The van der Waals surface area contributed by atoms with Crippen LogP contribution in [0, 0.1) is 0 Å². The molecule has 3 aromatic carbocycles. The van der Waals surface area contributed by atoms with Crippen molar-refractivity contribution in [3.05, 3.63) is 108 Å². The van der Waals surface area contributed by atoms with Gasteiger partial charge in [0.05, 0.1) is 32.1 Å². The number of hydrogen-bond donors (Lipinski definition) is 1. The second-order valence-electron chi connectivity index (χ2n) is 7.87. The molecule has 34 heavy (non-hydrogen) atoms. The summed E-state index contributed by atoms with van der Waals surface area (Å²) >= 11 is 0. The van der Waals surface area contributed by atoms with Crippen molar-refractivity contribution in [2.45, 2.75) is 32.0 Å². The van der Waals surface area contributed by atoms with Gasteiger partial charge in [-0.2, -0.15) is 15.0 Å². The van der Waals surface area contributed by atoms with E-state index in [4.69, 9.17) is 9.47 Å². The summed E-state index contributed by atoms with van der Waals surface area (Å²) in [6.07, 6.45) is 4.19. The van der Waals surface area contributed by atoms with Gasteiger partial charge in [-0.25, -0.2) is 0 Å². The van der Waals surface area contributed by atoms with Crippen LogP contribution in [-0.2, 0) is 24.4 Å². The molecule has 1 amide bonds. The molecule has 0 spiro atoms. The number of carbonyl (C=O) groups is 1.